The molecule has 0 aliphatic carbocycles. The summed E-state index contributed by atoms with van der Waals surface area (Å²) in [6.45, 7) is 6.98. The van der Waals surface area contributed by atoms with Crippen LogP contribution in [0.1, 0.15) is 25.1 Å². The largest absolute Gasteiger partial charge is 0.370 e. The van der Waals surface area contributed by atoms with Gasteiger partial charge in [0.1, 0.15) is 11.5 Å². The summed E-state index contributed by atoms with van der Waals surface area (Å²) in [4.78, 5) is 13.4. The van der Waals surface area contributed by atoms with Gasteiger partial charge in [-0.1, -0.05) is 13.0 Å². The monoisotopic (exact) mass is 242 g/mol. The summed E-state index contributed by atoms with van der Waals surface area (Å²) >= 11 is 0. The Bertz CT molecular complexity index is 537. The molecule has 0 unspecified atom stereocenters. The first-order valence-corrected chi connectivity index (χ1v) is 6.28. The number of nitrogens with one attached hydrogen (secondary N) is 1. The third-order valence-electron chi connectivity index (χ3n) is 2.70. The third kappa shape index (κ3) is 2.64. The molecule has 2 aromatic rings. The van der Waals surface area contributed by atoms with E-state index in [-0.39, 0.29) is 0 Å². The first-order valence-electron chi connectivity index (χ1n) is 6.28. The molecule has 1 N–H and O–H groups in total. The first kappa shape index (κ1) is 12.5. The SMILES string of the molecule is CCNc1cc(C)nc(-c2ncccc2CC)n1. The first-order chi connectivity index (χ1) is 8.74. The van der Waals surface area contributed by atoms with Gasteiger partial charge in [-0.15, -0.1) is 0 Å². The van der Waals surface area contributed by atoms with Crippen LogP contribution in [-0.4, -0.2) is 21.5 Å². The molecular weight excluding hydrogens is 224 g/mol. The van der Waals surface area contributed by atoms with Crippen LogP contribution in [0.4, 0.5) is 5.82 Å². The highest BCUT2D eigenvalue weighted by molar-refractivity contribution is 5.57. The van der Waals surface area contributed by atoms with Crippen LogP contribution in [0.15, 0.2) is 24.4 Å². The second kappa shape index (κ2) is 5.58. The highest BCUT2D eigenvalue weighted by Crippen LogP contribution is 2.20. The molecule has 0 aromatic carbocycles. The lowest BCUT2D eigenvalue weighted by Crippen LogP contribution is -2.04. The van der Waals surface area contributed by atoms with Crippen molar-refractivity contribution >= 4 is 5.82 Å². The molecule has 0 saturated heterocycles. The maximum atomic E-state index is 4.52. The maximum absolute atomic E-state index is 4.52. The van der Waals surface area contributed by atoms with Crippen LogP contribution in [-0.2, 0) is 6.42 Å². The van der Waals surface area contributed by atoms with Crippen LogP contribution >= 0.6 is 0 Å². The fourth-order valence-corrected chi connectivity index (χ4v) is 1.87. The molecule has 2 aromatic heterocycles. The van der Waals surface area contributed by atoms with E-state index in [9.17, 15) is 0 Å². The number of aryl methyl sites for hydroxylation is 2. The van der Waals surface area contributed by atoms with Gasteiger partial charge in [-0.25, -0.2) is 9.97 Å². The average molecular weight is 242 g/mol. The summed E-state index contributed by atoms with van der Waals surface area (Å²) in [5.74, 6) is 1.55. The van der Waals surface area contributed by atoms with Gasteiger partial charge < -0.3 is 5.32 Å². The van der Waals surface area contributed by atoms with E-state index in [0.29, 0.717) is 5.82 Å². The summed E-state index contributed by atoms with van der Waals surface area (Å²) in [5, 5.41) is 3.22. The average Bonchev–Trinajstić information content (AvgIpc) is 2.38. The molecule has 18 heavy (non-hydrogen) atoms. The highest BCUT2D eigenvalue weighted by atomic mass is 15.0. The lowest BCUT2D eigenvalue weighted by atomic mass is 10.1. The molecule has 0 radical (unpaired) electrons. The van der Waals surface area contributed by atoms with E-state index in [4.69, 9.17) is 0 Å². The van der Waals surface area contributed by atoms with E-state index in [1.807, 2.05) is 19.1 Å². The molecular formula is C14H18N4. The summed E-state index contributed by atoms with van der Waals surface area (Å²) in [6, 6.07) is 5.96. The Morgan fingerprint density at radius 1 is 1.22 bits per heavy atom. The minimum Gasteiger partial charge on any atom is -0.370 e. The number of hydrogen-bond donors (Lipinski definition) is 1. The minimum atomic E-state index is 0.698. The van der Waals surface area contributed by atoms with Crippen molar-refractivity contribution in [3.05, 3.63) is 35.7 Å². The van der Waals surface area contributed by atoms with Gasteiger partial charge in [0.15, 0.2) is 5.82 Å². The molecule has 94 valence electrons. The fourth-order valence-electron chi connectivity index (χ4n) is 1.87. The molecule has 0 aliphatic heterocycles. The summed E-state index contributed by atoms with van der Waals surface area (Å²) in [7, 11) is 0. The van der Waals surface area contributed by atoms with E-state index in [1.165, 1.54) is 5.56 Å². The maximum Gasteiger partial charge on any atom is 0.180 e. The zero-order valence-corrected chi connectivity index (χ0v) is 11.1. The number of pyridine rings is 1. The van der Waals surface area contributed by atoms with Crippen molar-refractivity contribution in [2.24, 2.45) is 0 Å². The van der Waals surface area contributed by atoms with Crippen molar-refractivity contribution < 1.29 is 0 Å². The Kier molecular flexibility index (Phi) is 3.87. The van der Waals surface area contributed by atoms with Gasteiger partial charge in [0.25, 0.3) is 0 Å². The molecule has 2 heterocycles. The van der Waals surface area contributed by atoms with E-state index in [1.54, 1.807) is 6.20 Å². The summed E-state index contributed by atoms with van der Waals surface area (Å²) in [6.07, 6.45) is 2.71. The van der Waals surface area contributed by atoms with Crippen LogP contribution < -0.4 is 5.32 Å². The smallest absolute Gasteiger partial charge is 0.180 e. The van der Waals surface area contributed by atoms with Crippen LogP contribution in [0, 0.1) is 6.92 Å². The molecule has 4 nitrogen and oxygen atoms in total. The Balaban J connectivity index is 2.49. The normalized spacial score (nSPS) is 10.4. The van der Waals surface area contributed by atoms with Crippen molar-refractivity contribution in [2.45, 2.75) is 27.2 Å². The Labute approximate surface area is 108 Å². The lowest BCUT2D eigenvalue weighted by molar-refractivity contribution is 1.04. The molecule has 0 atom stereocenters. The number of anilines is 1. The number of nitrogens with zero attached hydrogens (tertiary/aromatic N) is 3. The highest BCUT2D eigenvalue weighted by Gasteiger charge is 2.09. The van der Waals surface area contributed by atoms with Crippen molar-refractivity contribution in [3.8, 4) is 11.5 Å². The molecule has 0 spiro atoms. The van der Waals surface area contributed by atoms with Crippen molar-refractivity contribution in [1.82, 2.24) is 15.0 Å². The van der Waals surface area contributed by atoms with Gasteiger partial charge in [0.2, 0.25) is 0 Å². The van der Waals surface area contributed by atoms with Gasteiger partial charge in [-0.05, 0) is 31.9 Å². The predicted molar refractivity (Wildman–Crippen MR) is 73.5 cm³/mol. The molecule has 0 bridgehead atoms. The van der Waals surface area contributed by atoms with Crippen molar-refractivity contribution in [1.29, 1.82) is 0 Å². The van der Waals surface area contributed by atoms with Crippen molar-refractivity contribution in [3.63, 3.8) is 0 Å². The zero-order chi connectivity index (χ0) is 13.0. The minimum absolute atomic E-state index is 0.698. The lowest BCUT2D eigenvalue weighted by Gasteiger charge is -2.08. The molecule has 4 heteroatoms. The third-order valence-corrected chi connectivity index (χ3v) is 2.70. The molecule has 0 amide bonds. The van der Waals surface area contributed by atoms with Gasteiger partial charge >= 0.3 is 0 Å². The van der Waals surface area contributed by atoms with Gasteiger partial charge in [0.05, 0.1) is 0 Å². The van der Waals surface area contributed by atoms with Crippen LogP contribution in [0.5, 0.6) is 0 Å². The molecule has 0 saturated carbocycles. The Morgan fingerprint density at radius 2 is 2.06 bits per heavy atom. The second-order valence-electron chi connectivity index (χ2n) is 4.11. The van der Waals surface area contributed by atoms with E-state index in [0.717, 1.165) is 30.2 Å². The molecule has 0 fully saturated rings. The Hall–Kier alpha value is -1.97. The van der Waals surface area contributed by atoms with Gasteiger partial charge in [-0.2, -0.15) is 0 Å². The van der Waals surface area contributed by atoms with Gasteiger partial charge in [-0.3, -0.25) is 4.98 Å². The standard InChI is InChI=1S/C14H18N4/c1-4-11-7-6-8-16-13(11)14-17-10(3)9-12(18-14)15-5-2/h6-9H,4-5H2,1-3H3,(H,15,17,18). The number of aromatic nitrogens is 3. The van der Waals surface area contributed by atoms with E-state index >= 15 is 0 Å². The van der Waals surface area contributed by atoms with E-state index in [2.05, 4.69) is 40.2 Å². The molecule has 0 aliphatic rings. The second-order valence-corrected chi connectivity index (χ2v) is 4.11. The predicted octanol–water partition coefficient (Wildman–Crippen LogP) is 2.84. The van der Waals surface area contributed by atoms with Crippen molar-refractivity contribution in [2.75, 3.05) is 11.9 Å². The van der Waals surface area contributed by atoms with Crippen LogP contribution in [0.25, 0.3) is 11.5 Å². The summed E-state index contributed by atoms with van der Waals surface area (Å²) < 4.78 is 0. The van der Waals surface area contributed by atoms with Gasteiger partial charge in [0, 0.05) is 24.5 Å². The van der Waals surface area contributed by atoms with Crippen LogP contribution in [0.2, 0.25) is 0 Å². The number of hydrogen-bond acceptors (Lipinski definition) is 4. The Morgan fingerprint density at radius 3 is 2.78 bits per heavy atom. The molecule has 2 rings (SSSR count). The quantitative estimate of drug-likeness (QED) is 0.895. The number of rotatable bonds is 4. The summed E-state index contributed by atoms with van der Waals surface area (Å²) in [5.41, 5.74) is 3.00. The topological polar surface area (TPSA) is 50.7 Å². The zero-order valence-electron chi connectivity index (χ0n) is 11.1. The fraction of sp³-hybridized carbons (Fsp3) is 0.357. The van der Waals surface area contributed by atoms with Crippen LogP contribution in [0.3, 0.4) is 0 Å². The van der Waals surface area contributed by atoms with E-state index < -0.39 is 0 Å².